The molecular weight excluding hydrogens is 285 g/mol. The Labute approximate surface area is 123 Å². The van der Waals surface area contributed by atoms with Crippen LogP contribution >= 0.6 is 11.6 Å². The zero-order valence-electron chi connectivity index (χ0n) is 11.6. The SMILES string of the molecule is CC(C)OC[C@H](O)CNC(CO)c1cccc(Cl)c1F. The van der Waals surface area contributed by atoms with Crippen molar-refractivity contribution in [1.29, 1.82) is 0 Å². The van der Waals surface area contributed by atoms with E-state index >= 15 is 0 Å². The van der Waals surface area contributed by atoms with E-state index in [0.29, 0.717) is 0 Å². The van der Waals surface area contributed by atoms with Crippen LogP contribution in [-0.2, 0) is 4.74 Å². The maximum atomic E-state index is 13.8. The first-order valence-corrected chi connectivity index (χ1v) is 6.91. The number of hydrogen-bond donors (Lipinski definition) is 3. The van der Waals surface area contributed by atoms with Gasteiger partial charge >= 0.3 is 0 Å². The lowest BCUT2D eigenvalue weighted by molar-refractivity contribution is 0.00466. The summed E-state index contributed by atoms with van der Waals surface area (Å²) in [6, 6.07) is 3.98. The molecule has 0 amide bonds. The molecule has 0 aliphatic carbocycles. The Balaban J connectivity index is 2.57. The highest BCUT2D eigenvalue weighted by atomic mass is 35.5. The van der Waals surface area contributed by atoms with Gasteiger partial charge in [0, 0.05) is 12.1 Å². The van der Waals surface area contributed by atoms with Gasteiger partial charge in [0.2, 0.25) is 0 Å². The van der Waals surface area contributed by atoms with E-state index in [1.807, 2.05) is 13.8 Å². The molecule has 1 rings (SSSR count). The van der Waals surface area contributed by atoms with E-state index < -0.39 is 18.0 Å². The second-order valence-electron chi connectivity index (χ2n) is 4.82. The summed E-state index contributed by atoms with van der Waals surface area (Å²) in [5.74, 6) is -0.561. The highest BCUT2D eigenvalue weighted by Crippen LogP contribution is 2.23. The predicted octanol–water partition coefficient (Wildman–Crippen LogP) is 1.89. The first-order chi connectivity index (χ1) is 9.45. The molecule has 0 heterocycles. The Morgan fingerprint density at radius 3 is 2.70 bits per heavy atom. The minimum Gasteiger partial charge on any atom is -0.394 e. The van der Waals surface area contributed by atoms with Crippen molar-refractivity contribution in [2.24, 2.45) is 0 Å². The van der Waals surface area contributed by atoms with Crippen LogP contribution in [0.4, 0.5) is 4.39 Å². The van der Waals surface area contributed by atoms with E-state index in [2.05, 4.69) is 5.32 Å². The normalized spacial score (nSPS) is 14.6. The van der Waals surface area contributed by atoms with Crippen LogP contribution < -0.4 is 5.32 Å². The van der Waals surface area contributed by atoms with Gasteiger partial charge in [-0.3, -0.25) is 0 Å². The van der Waals surface area contributed by atoms with E-state index in [1.165, 1.54) is 6.07 Å². The topological polar surface area (TPSA) is 61.7 Å². The van der Waals surface area contributed by atoms with E-state index in [9.17, 15) is 14.6 Å². The zero-order valence-corrected chi connectivity index (χ0v) is 12.4. The fraction of sp³-hybridized carbons (Fsp3) is 0.571. The monoisotopic (exact) mass is 305 g/mol. The molecule has 1 unspecified atom stereocenters. The lowest BCUT2D eigenvalue weighted by Gasteiger charge is -2.20. The fourth-order valence-electron chi connectivity index (χ4n) is 1.70. The summed E-state index contributed by atoms with van der Waals surface area (Å²) < 4.78 is 19.1. The highest BCUT2D eigenvalue weighted by molar-refractivity contribution is 6.30. The highest BCUT2D eigenvalue weighted by Gasteiger charge is 2.17. The second kappa shape index (κ2) is 8.54. The van der Waals surface area contributed by atoms with Gasteiger partial charge in [0.1, 0.15) is 5.82 Å². The second-order valence-corrected chi connectivity index (χ2v) is 5.23. The average Bonchev–Trinajstić information content (AvgIpc) is 2.41. The van der Waals surface area contributed by atoms with Gasteiger partial charge < -0.3 is 20.3 Å². The zero-order chi connectivity index (χ0) is 15.1. The standard InChI is InChI=1S/C14H21ClFNO3/c1-9(2)20-8-10(19)6-17-13(7-18)11-4-3-5-12(15)14(11)16/h3-5,9-10,13,17-19H,6-8H2,1-2H3/t10-,13?/m1/s1. The first-order valence-electron chi connectivity index (χ1n) is 6.53. The number of aliphatic hydroxyl groups excluding tert-OH is 2. The van der Waals surface area contributed by atoms with Crippen LogP contribution in [-0.4, -0.2) is 42.2 Å². The van der Waals surface area contributed by atoms with Crippen molar-refractivity contribution in [3.8, 4) is 0 Å². The molecule has 0 saturated carbocycles. The first kappa shape index (κ1) is 17.3. The van der Waals surface area contributed by atoms with Crippen LogP contribution in [0.2, 0.25) is 5.02 Å². The lowest BCUT2D eigenvalue weighted by Crippen LogP contribution is -2.35. The lowest BCUT2D eigenvalue weighted by atomic mass is 10.1. The molecule has 1 aromatic rings. The van der Waals surface area contributed by atoms with Crippen molar-refractivity contribution in [2.75, 3.05) is 19.8 Å². The fourth-order valence-corrected chi connectivity index (χ4v) is 1.89. The van der Waals surface area contributed by atoms with Crippen molar-refractivity contribution in [1.82, 2.24) is 5.32 Å². The van der Waals surface area contributed by atoms with Gasteiger partial charge in [-0.1, -0.05) is 23.7 Å². The quantitative estimate of drug-likeness (QED) is 0.686. The summed E-state index contributed by atoms with van der Waals surface area (Å²) in [6.45, 7) is 3.82. The third kappa shape index (κ3) is 5.34. The molecule has 3 N–H and O–H groups in total. The van der Waals surface area contributed by atoms with Crippen molar-refractivity contribution in [2.45, 2.75) is 32.1 Å². The maximum absolute atomic E-state index is 13.8. The van der Waals surface area contributed by atoms with Crippen molar-refractivity contribution in [3.05, 3.63) is 34.6 Å². The average molecular weight is 306 g/mol. The summed E-state index contributed by atoms with van der Waals surface area (Å²) in [4.78, 5) is 0. The largest absolute Gasteiger partial charge is 0.394 e. The molecule has 0 saturated heterocycles. The predicted molar refractivity (Wildman–Crippen MR) is 76.3 cm³/mol. The van der Waals surface area contributed by atoms with Gasteiger partial charge in [-0.05, 0) is 19.9 Å². The molecule has 0 radical (unpaired) electrons. The summed E-state index contributed by atoms with van der Waals surface area (Å²) in [6.07, 6.45) is -0.697. The van der Waals surface area contributed by atoms with E-state index in [0.717, 1.165) is 0 Å². The van der Waals surface area contributed by atoms with Crippen LogP contribution in [0, 0.1) is 5.82 Å². The molecule has 6 heteroatoms. The van der Waals surface area contributed by atoms with Gasteiger partial charge in [0.15, 0.2) is 0 Å². The van der Waals surface area contributed by atoms with E-state index in [4.69, 9.17) is 16.3 Å². The van der Waals surface area contributed by atoms with E-state index in [-0.39, 0.29) is 36.4 Å². The third-order valence-electron chi connectivity index (χ3n) is 2.76. The summed E-state index contributed by atoms with van der Waals surface area (Å²) in [5.41, 5.74) is 0.275. The number of hydrogen-bond acceptors (Lipinski definition) is 4. The van der Waals surface area contributed by atoms with Crippen molar-refractivity contribution >= 4 is 11.6 Å². The Kier molecular flexibility index (Phi) is 7.40. The Hall–Kier alpha value is -0.720. The molecule has 0 aliphatic heterocycles. The van der Waals surface area contributed by atoms with Crippen LogP contribution in [0.1, 0.15) is 25.5 Å². The van der Waals surface area contributed by atoms with Gasteiger partial charge in [-0.25, -0.2) is 4.39 Å². The molecule has 0 bridgehead atoms. The number of nitrogens with one attached hydrogen (secondary N) is 1. The molecule has 2 atom stereocenters. The molecule has 4 nitrogen and oxygen atoms in total. The minimum atomic E-state index is -0.728. The van der Waals surface area contributed by atoms with Gasteiger partial charge in [-0.15, -0.1) is 0 Å². The van der Waals surface area contributed by atoms with Crippen LogP contribution in [0.5, 0.6) is 0 Å². The maximum Gasteiger partial charge on any atom is 0.146 e. The van der Waals surface area contributed by atoms with Crippen LogP contribution in [0.3, 0.4) is 0 Å². The molecule has 0 aliphatic rings. The summed E-state index contributed by atoms with van der Waals surface area (Å²) in [5, 5.41) is 22.0. The Bertz CT molecular complexity index is 417. The molecular formula is C14H21ClFNO3. The summed E-state index contributed by atoms with van der Waals surface area (Å²) >= 11 is 5.71. The number of rotatable bonds is 8. The van der Waals surface area contributed by atoms with Crippen LogP contribution in [0.25, 0.3) is 0 Å². The molecule has 1 aromatic carbocycles. The van der Waals surface area contributed by atoms with Gasteiger partial charge in [0.25, 0.3) is 0 Å². The molecule has 114 valence electrons. The smallest absolute Gasteiger partial charge is 0.146 e. The van der Waals surface area contributed by atoms with E-state index in [1.54, 1.807) is 12.1 Å². The summed E-state index contributed by atoms with van der Waals surface area (Å²) in [7, 11) is 0. The van der Waals surface area contributed by atoms with Crippen molar-refractivity contribution < 1.29 is 19.3 Å². The number of ether oxygens (including phenoxy) is 1. The Morgan fingerprint density at radius 1 is 1.40 bits per heavy atom. The Morgan fingerprint density at radius 2 is 2.10 bits per heavy atom. The minimum absolute atomic E-state index is 0.00596. The van der Waals surface area contributed by atoms with Gasteiger partial charge in [0.05, 0.1) is 36.5 Å². The molecule has 0 aromatic heterocycles. The molecule has 0 fully saturated rings. The van der Waals surface area contributed by atoms with Crippen molar-refractivity contribution in [3.63, 3.8) is 0 Å². The van der Waals surface area contributed by atoms with Gasteiger partial charge in [-0.2, -0.15) is 0 Å². The number of aliphatic hydroxyl groups is 2. The molecule has 0 spiro atoms. The third-order valence-corrected chi connectivity index (χ3v) is 3.05. The number of benzene rings is 1. The number of halogens is 2. The molecule has 20 heavy (non-hydrogen) atoms. The van der Waals surface area contributed by atoms with Crippen LogP contribution in [0.15, 0.2) is 18.2 Å².